The van der Waals surface area contributed by atoms with Gasteiger partial charge in [0.15, 0.2) is 11.9 Å². The molecule has 4 nitrogen and oxygen atoms in total. The summed E-state index contributed by atoms with van der Waals surface area (Å²) in [5.41, 5.74) is 0. The van der Waals surface area contributed by atoms with Gasteiger partial charge < -0.3 is 10.2 Å². The van der Waals surface area contributed by atoms with Crippen molar-refractivity contribution in [2.45, 2.75) is 0 Å². The summed E-state index contributed by atoms with van der Waals surface area (Å²) in [6.45, 7) is 5.11. The first-order valence-corrected chi connectivity index (χ1v) is 17.5. The van der Waals surface area contributed by atoms with Gasteiger partial charge in [-0.25, -0.2) is 0 Å². The van der Waals surface area contributed by atoms with Gasteiger partial charge in [-0.3, -0.25) is 23.4 Å². The van der Waals surface area contributed by atoms with Crippen LogP contribution in [0.25, 0.3) is 0 Å². The SMILES string of the molecule is [CH2-]C(=O)O.[CH2-]C(=O)O.[Pd+2].c1ccc([PH+](c2ccccc2)c2ccccc2)cc1.c1ccc([PH+](c2ccccc2)c2ccccc2)cc1. The van der Waals surface area contributed by atoms with Crippen LogP contribution in [0.4, 0.5) is 0 Å². The molecule has 0 amide bonds. The van der Waals surface area contributed by atoms with Gasteiger partial charge in [0, 0.05) is 0 Å². The van der Waals surface area contributed by atoms with Crippen LogP contribution in [-0.4, -0.2) is 22.2 Å². The third kappa shape index (κ3) is 14.2. The number of carboxylic acid groups (broad SMARTS) is 2. The van der Waals surface area contributed by atoms with Crippen LogP contribution in [0, 0.1) is 13.8 Å². The second-order valence-electron chi connectivity index (χ2n) is 9.73. The molecule has 0 unspecified atom stereocenters. The van der Waals surface area contributed by atoms with E-state index in [1.807, 2.05) is 0 Å². The Kier molecular flexibility index (Phi) is 18.2. The van der Waals surface area contributed by atoms with E-state index in [1.54, 1.807) is 0 Å². The number of rotatable bonds is 6. The molecule has 0 radical (unpaired) electrons. The third-order valence-electron chi connectivity index (χ3n) is 6.37. The Hall–Kier alpha value is -4.48. The normalized spacial score (nSPS) is 9.57. The van der Waals surface area contributed by atoms with E-state index < -0.39 is 27.8 Å². The van der Waals surface area contributed by atoms with Gasteiger partial charge in [-0.2, -0.15) is 0 Å². The number of carboxylic acids is 2. The quantitative estimate of drug-likeness (QED) is 0.122. The molecule has 0 atom stereocenters. The van der Waals surface area contributed by atoms with Crippen LogP contribution < -0.4 is 31.8 Å². The molecule has 6 rings (SSSR count). The molecule has 0 spiro atoms. The average Bonchev–Trinajstić information content (AvgIpc) is 3.08. The molecule has 0 bridgehead atoms. The number of hydrogen-bond donors (Lipinski definition) is 2. The van der Waals surface area contributed by atoms with Gasteiger partial charge in [-0.15, -0.1) is 0 Å². The number of aliphatic carboxylic acids is 2. The summed E-state index contributed by atoms with van der Waals surface area (Å²) in [6.07, 6.45) is 0. The van der Waals surface area contributed by atoms with Gasteiger partial charge in [0.05, 0.1) is 15.8 Å². The fourth-order valence-electron chi connectivity index (χ4n) is 4.63. The minimum Gasteiger partial charge on any atom is -0.503 e. The summed E-state index contributed by atoms with van der Waals surface area (Å²) in [4.78, 5) is 17.8. The van der Waals surface area contributed by atoms with Gasteiger partial charge in [-0.05, 0) is 72.8 Å². The van der Waals surface area contributed by atoms with Crippen molar-refractivity contribution in [3.63, 3.8) is 0 Å². The smallest absolute Gasteiger partial charge is 0.503 e. The largest absolute Gasteiger partial charge is 2.00 e. The second kappa shape index (κ2) is 22.1. The van der Waals surface area contributed by atoms with Crippen LogP contribution >= 0.6 is 15.8 Å². The third-order valence-corrected chi connectivity index (χ3v) is 11.8. The van der Waals surface area contributed by atoms with Gasteiger partial charge in [0.1, 0.15) is 31.8 Å². The van der Waals surface area contributed by atoms with Crippen molar-refractivity contribution >= 4 is 59.6 Å². The van der Waals surface area contributed by atoms with Crippen LogP contribution in [0.15, 0.2) is 182 Å². The monoisotopic (exact) mass is 750 g/mol. The van der Waals surface area contributed by atoms with Crippen LogP contribution in [-0.2, 0) is 30.0 Å². The van der Waals surface area contributed by atoms with Crippen LogP contribution in [0.3, 0.4) is 0 Å². The number of benzene rings is 6. The van der Waals surface area contributed by atoms with Gasteiger partial charge in [0.2, 0.25) is 0 Å². The Morgan fingerprint density at radius 2 is 0.447 bits per heavy atom. The molecule has 240 valence electrons. The Bertz CT molecular complexity index is 1370. The predicted molar refractivity (Wildman–Crippen MR) is 199 cm³/mol. The van der Waals surface area contributed by atoms with E-state index in [2.05, 4.69) is 196 Å². The molecule has 0 saturated heterocycles. The van der Waals surface area contributed by atoms with Crippen molar-refractivity contribution in [1.82, 2.24) is 0 Å². The van der Waals surface area contributed by atoms with E-state index in [9.17, 15) is 0 Å². The fraction of sp³-hybridized carbons (Fsp3) is 0. The van der Waals surface area contributed by atoms with E-state index in [-0.39, 0.29) is 20.4 Å². The Morgan fingerprint density at radius 3 is 0.553 bits per heavy atom. The molecule has 6 aromatic carbocycles. The Labute approximate surface area is 294 Å². The zero-order valence-electron chi connectivity index (χ0n) is 25.8. The molecular weight excluding hydrogens is 713 g/mol. The molecule has 47 heavy (non-hydrogen) atoms. The first-order valence-electron chi connectivity index (χ1n) is 14.5. The second-order valence-corrected chi connectivity index (χ2v) is 14.7. The summed E-state index contributed by atoms with van der Waals surface area (Å²) < 4.78 is 0. The Morgan fingerprint density at radius 1 is 0.340 bits per heavy atom. The van der Waals surface area contributed by atoms with Crippen molar-refractivity contribution in [3.05, 3.63) is 196 Å². The Balaban J connectivity index is 0.000000262. The van der Waals surface area contributed by atoms with Crippen molar-refractivity contribution in [1.29, 1.82) is 0 Å². The van der Waals surface area contributed by atoms with Crippen LogP contribution in [0.2, 0.25) is 0 Å². The summed E-state index contributed by atoms with van der Waals surface area (Å²) in [7, 11) is -1.75. The minimum absolute atomic E-state index is 0. The summed E-state index contributed by atoms with van der Waals surface area (Å²) in [5.74, 6) is -2.17. The molecule has 0 aliphatic carbocycles. The molecule has 7 heteroatoms. The van der Waals surface area contributed by atoms with Crippen molar-refractivity contribution in [2.24, 2.45) is 0 Å². The zero-order valence-corrected chi connectivity index (χ0v) is 29.3. The predicted octanol–water partition coefficient (Wildman–Crippen LogP) is 6.16. The number of carbonyl (C=O) groups is 2. The molecule has 6 aromatic rings. The van der Waals surface area contributed by atoms with Gasteiger partial charge >= 0.3 is 20.4 Å². The van der Waals surface area contributed by atoms with Crippen molar-refractivity contribution in [3.8, 4) is 0 Å². The first-order chi connectivity index (χ1) is 22.4. The molecular formula is C40H38O4P2Pd+2. The standard InChI is InChI=1S/2C18H15P.2C2H3O2.Pd/c2*1-4-10-16(11-5-1)19(17-12-6-2-7-13-17)18-14-8-3-9-15-18;2*1-2(3)4;/h2*1-15H;2*1H2,(H,3,4);/q;;2*-1;+2/p+2. The maximum absolute atomic E-state index is 8.89. The molecule has 0 heterocycles. The van der Waals surface area contributed by atoms with Crippen molar-refractivity contribution < 1.29 is 40.2 Å². The van der Waals surface area contributed by atoms with E-state index in [0.29, 0.717) is 0 Å². The van der Waals surface area contributed by atoms with Crippen molar-refractivity contribution in [2.75, 3.05) is 0 Å². The molecule has 0 aromatic heterocycles. The van der Waals surface area contributed by atoms with Crippen LogP contribution in [0.5, 0.6) is 0 Å². The summed E-state index contributed by atoms with van der Waals surface area (Å²) in [6, 6.07) is 65.0. The molecule has 0 fully saturated rings. The van der Waals surface area contributed by atoms with E-state index >= 15 is 0 Å². The zero-order chi connectivity index (χ0) is 33.0. The van der Waals surface area contributed by atoms with E-state index in [4.69, 9.17) is 19.8 Å². The average molecular weight is 751 g/mol. The van der Waals surface area contributed by atoms with Gasteiger partial charge in [0.25, 0.3) is 0 Å². The molecule has 0 aliphatic heterocycles. The molecule has 0 aliphatic rings. The maximum Gasteiger partial charge on any atom is 2.00 e. The topological polar surface area (TPSA) is 74.6 Å². The van der Waals surface area contributed by atoms with E-state index in [1.165, 1.54) is 31.8 Å². The number of hydrogen-bond acceptors (Lipinski definition) is 2. The first kappa shape index (κ1) is 38.7. The molecule has 2 N–H and O–H groups in total. The summed E-state index contributed by atoms with van der Waals surface area (Å²) >= 11 is 0. The van der Waals surface area contributed by atoms with Gasteiger partial charge in [-0.1, -0.05) is 109 Å². The fourth-order valence-corrected chi connectivity index (χ4v) is 9.78. The molecule has 0 saturated carbocycles. The summed E-state index contributed by atoms with van der Waals surface area (Å²) in [5, 5.41) is 23.2. The minimum atomic E-state index is -1.08. The van der Waals surface area contributed by atoms with Crippen LogP contribution in [0.1, 0.15) is 0 Å². The maximum atomic E-state index is 8.89. The van der Waals surface area contributed by atoms with E-state index in [0.717, 1.165) is 0 Å².